The first-order valence-corrected chi connectivity index (χ1v) is 18.9. The van der Waals surface area contributed by atoms with Gasteiger partial charge in [-0.15, -0.1) is 0 Å². The Balaban J connectivity index is 1.57. The van der Waals surface area contributed by atoms with E-state index < -0.39 is 13.3 Å². The van der Waals surface area contributed by atoms with Crippen LogP contribution in [0.3, 0.4) is 0 Å². The molecule has 0 saturated heterocycles. The van der Waals surface area contributed by atoms with Crippen molar-refractivity contribution in [2.24, 2.45) is 0 Å². The minimum atomic E-state index is -2.05. The van der Waals surface area contributed by atoms with Crippen molar-refractivity contribution in [2.45, 2.75) is 84.5 Å². The van der Waals surface area contributed by atoms with Gasteiger partial charge in [-0.3, -0.25) is 0 Å². The van der Waals surface area contributed by atoms with Crippen LogP contribution in [0.2, 0.25) is 9.50 Å². The van der Waals surface area contributed by atoms with Gasteiger partial charge in [-0.25, -0.2) is 0 Å². The average molecular weight is 485 g/mol. The van der Waals surface area contributed by atoms with Crippen molar-refractivity contribution in [3.8, 4) is 0 Å². The molecule has 2 aliphatic carbocycles. The van der Waals surface area contributed by atoms with Crippen molar-refractivity contribution < 1.29 is 0 Å². The molecular weight excluding hydrogens is 449 g/mol. The van der Waals surface area contributed by atoms with Gasteiger partial charge in [0, 0.05) is 0 Å². The first-order valence-electron chi connectivity index (χ1n) is 11.5. The van der Waals surface area contributed by atoms with E-state index in [0.29, 0.717) is 0 Å². The molecule has 2 saturated carbocycles. The maximum atomic E-state index is 2.36. The zero-order chi connectivity index (χ0) is 20.1. The van der Waals surface area contributed by atoms with Crippen molar-refractivity contribution in [1.82, 2.24) is 0 Å². The van der Waals surface area contributed by atoms with Crippen LogP contribution in [0.5, 0.6) is 0 Å². The summed E-state index contributed by atoms with van der Waals surface area (Å²) in [5.74, 6) is 0. The Bertz CT molecular complexity index is 689. The summed E-state index contributed by atoms with van der Waals surface area (Å²) in [5.41, 5.74) is 2.76. The maximum absolute atomic E-state index is 2.36. The van der Waals surface area contributed by atoms with E-state index in [9.17, 15) is 0 Å². The van der Waals surface area contributed by atoms with Crippen molar-refractivity contribution in [1.29, 1.82) is 0 Å². The van der Waals surface area contributed by atoms with Crippen molar-refractivity contribution in [2.75, 3.05) is 9.17 Å². The molecule has 2 aliphatic rings. The Morgan fingerprint density at radius 2 is 0.966 bits per heavy atom. The van der Waals surface area contributed by atoms with E-state index in [1.165, 1.54) is 55.8 Å². The van der Waals surface area contributed by atoms with Gasteiger partial charge in [-0.1, -0.05) is 0 Å². The zero-order valence-electron chi connectivity index (χ0n) is 18.2. The fourth-order valence-electron chi connectivity index (χ4n) is 5.55. The Morgan fingerprint density at radius 3 is 1.31 bits per heavy atom. The molecule has 0 spiro atoms. The second kappa shape index (κ2) is 10.3. The molecule has 0 atom stereocenters. The molecule has 2 fully saturated rings. The summed E-state index contributed by atoms with van der Waals surface area (Å²) in [6.45, 7) is 4.40. The van der Waals surface area contributed by atoms with Gasteiger partial charge >= 0.3 is 190 Å². The molecule has 0 aliphatic heterocycles. The predicted molar refractivity (Wildman–Crippen MR) is 134 cm³/mol. The third kappa shape index (κ3) is 5.49. The van der Waals surface area contributed by atoms with Gasteiger partial charge in [0.1, 0.15) is 0 Å². The Hall–Kier alpha value is -0.317. The van der Waals surface area contributed by atoms with Gasteiger partial charge in [0.15, 0.2) is 0 Å². The molecule has 2 aromatic rings. The monoisotopic (exact) mass is 486 g/mol. The van der Waals surface area contributed by atoms with Crippen molar-refractivity contribution >= 4 is 36.8 Å². The van der Waals surface area contributed by atoms with Gasteiger partial charge in [-0.05, 0) is 0 Å². The van der Waals surface area contributed by atoms with E-state index in [1.54, 1.807) is 25.7 Å². The molecule has 29 heavy (non-hydrogen) atoms. The summed E-state index contributed by atoms with van der Waals surface area (Å²) in [6.07, 6.45) is 12.1. The summed E-state index contributed by atoms with van der Waals surface area (Å²) in [4.78, 5) is 3.00. The van der Waals surface area contributed by atoms with Gasteiger partial charge in [-0.2, -0.15) is 0 Å². The van der Waals surface area contributed by atoms with Crippen molar-refractivity contribution in [3.63, 3.8) is 0 Å². The van der Waals surface area contributed by atoms with Crippen LogP contribution in [-0.4, -0.2) is 22.4 Å². The Morgan fingerprint density at radius 1 is 0.621 bits per heavy atom. The molecule has 2 aromatic carbocycles. The first kappa shape index (κ1) is 21.9. The number of thioether (sulfide) groups is 2. The SMILES string of the molecule is Cc1ccc(S[CH2][Ge]([CH2]Sc2ccc(C)cc2)([CH]2CCCC2)[CH]2CCCC2)cc1. The zero-order valence-corrected chi connectivity index (χ0v) is 21.9. The molecule has 0 nitrogen and oxygen atoms in total. The van der Waals surface area contributed by atoms with Crippen LogP contribution in [0.4, 0.5) is 0 Å². The van der Waals surface area contributed by atoms with E-state index in [4.69, 9.17) is 0 Å². The summed E-state index contributed by atoms with van der Waals surface area (Å²) < 4.78 is 5.18. The van der Waals surface area contributed by atoms with E-state index in [2.05, 4.69) is 85.9 Å². The fourth-order valence-corrected chi connectivity index (χ4v) is 29.3. The number of hydrogen-bond donors (Lipinski definition) is 0. The molecule has 0 bridgehead atoms. The molecule has 0 amide bonds. The van der Waals surface area contributed by atoms with Crippen LogP contribution >= 0.6 is 23.5 Å². The standard InChI is InChI=1S/C26H36GeS2/c1-21-11-15-25(16-12-21)28-19-27(23-7-3-4-8-23,24-9-5-6-10-24)20-29-26-17-13-22(2)14-18-26/h11-18,23-24H,3-10,19-20H2,1-2H3. The number of hydrogen-bond acceptors (Lipinski definition) is 2. The number of benzene rings is 2. The predicted octanol–water partition coefficient (Wildman–Crippen LogP) is 8.60. The molecule has 0 heterocycles. The van der Waals surface area contributed by atoms with Gasteiger partial charge in [0.2, 0.25) is 0 Å². The third-order valence-electron chi connectivity index (χ3n) is 7.39. The molecule has 156 valence electrons. The van der Waals surface area contributed by atoms with Crippen molar-refractivity contribution in [3.05, 3.63) is 59.7 Å². The molecule has 0 radical (unpaired) electrons. The summed E-state index contributed by atoms with van der Waals surface area (Å²) in [7, 11) is 0. The van der Waals surface area contributed by atoms with Crippen LogP contribution in [0.1, 0.15) is 62.5 Å². The topological polar surface area (TPSA) is 0 Å². The molecule has 4 rings (SSSR count). The second-order valence-corrected chi connectivity index (χ2v) is 23.7. The minimum absolute atomic E-state index is 1.11. The quantitative estimate of drug-likeness (QED) is 0.271. The fraction of sp³-hybridized carbons (Fsp3) is 0.538. The van der Waals surface area contributed by atoms with Gasteiger partial charge in [0.25, 0.3) is 0 Å². The van der Waals surface area contributed by atoms with E-state index in [1.807, 2.05) is 0 Å². The summed E-state index contributed by atoms with van der Waals surface area (Å²) in [6, 6.07) is 18.6. The summed E-state index contributed by atoms with van der Waals surface area (Å²) in [5, 5.41) is 0. The Kier molecular flexibility index (Phi) is 7.80. The van der Waals surface area contributed by atoms with Crippen LogP contribution in [-0.2, 0) is 0 Å². The van der Waals surface area contributed by atoms with Crippen LogP contribution in [0.25, 0.3) is 0 Å². The summed E-state index contributed by atoms with van der Waals surface area (Å²) >= 11 is 2.38. The molecule has 0 unspecified atom stereocenters. The molecular formula is C26H36GeS2. The van der Waals surface area contributed by atoms with Crippen LogP contribution < -0.4 is 0 Å². The molecule has 3 heteroatoms. The normalized spacial score (nSPS) is 18.6. The second-order valence-electron chi connectivity index (χ2n) is 9.40. The van der Waals surface area contributed by atoms with Gasteiger partial charge in [0.05, 0.1) is 0 Å². The number of aryl methyl sites for hydroxylation is 2. The van der Waals surface area contributed by atoms with Crippen LogP contribution in [0.15, 0.2) is 58.3 Å². The number of rotatable bonds is 8. The first-order chi connectivity index (χ1) is 14.2. The van der Waals surface area contributed by atoms with E-state index in [-0.39, 0.29) is 0 Å². The van der Waals surface area contributed by atoms with E-state index in [0.717, 1.165) is 9.50 Å². The van der Waals surface area contributed by atoms with Gasteiger partial charge < -0.3 is 0 Å². The third-order valence-corrected chi connectivity index (χ3v) is 27.8. The Labute approximate surface area is 189 Å². The average Bonchev–Trinajstić information content (AvgIpc) is 3.46. The van der Waals surface area contributed by atoms with Crippen LogP contribution in [0, 0.1) is 13.8 Å². The molecule has 0 aromatic heterocycles. The van der Waals surface area contributed by atoms with E-state index >= 15 is 0 Å². The molecule has 0 N–H and O–H groups in total.